The molecule has 0 bridgehead atoms. The maximum Gasteiger partial charge on any atom is 0.223 e. The molecule has 1 unspecified atom stereocenters. The Labute approximate surface area is 138 Å². The number of aromatic nitrogens is 4. The monoisotopic (exact) mass is 319 g/mol. The van der Waals surface area contributed by atoms with Crippen LogP contribution in [0.3, 0.4) is 0 Å². The summed E-state index contributed by atoms with van der Waals surface area (Å²) in [6.45, 7) is 6.02. The predicted molar refractivity (Wildman–Crippen MR) is 87.6 cm³/mol. The highest BCUT2D eigenvalue weighted by Crippen LogP contribution is 2.40. The van der Waals surface area contributed by atoms with E-state index in [4.69, 9.17) is 0 Å². The summed E-state index contributed by atoms with van der Waals surface area (Å²) in [5.41, 5.74) is -0.341. The SMILES string of the molecule is CCCCn1nnnc1C1(C)CCC(=O)N1CC1CCCCC1. The third kappa shape index (κ3) is 3.26. The molecule has 1 saturated heterocycles. The molecule has 0 spiro atoms. The van der Waals surface area contributed by atoms with Crippen LogP contribution in [-0.4, -0.2) is 37.6 Å². The van der Waals surface area contributed by atoms with Crippen molar-refractivity contribution < 1.29 is 4.79 Å². The number of tetrazole rings is 1. The van der Waals surface area contributed by atoms with Crippen LogP contribution in [0.25, 0.3) is 0 Å². The summed E-state index contributed by atoms with van der Waals surface area (Å²) in [7, 11) is 0. The number of carbonyl (C=O) groups is 1. The van der Waals surface area contributed by atoms with Crippen LogP contribution in [0.5, 0.6) is 0 Å². The Bertz CT molecular complexity index is 537. The molecular weight excluding hydrogens is 290 g/mol. The van der Waals surface area contributed by atoms with Crippen LogP contribution < -0.4 is 0 Å². The van der Waals surface area contributed by atoms with Gasteiger partial charge >= 0.3 is 0 Å². The molecule has 3 rings (SSSR count). The van der Waals surface area contributed by atoms with Crippen molar-refractivity contribution in [3.05, 3.63) is 5.82 Å². The number of rotatable bonds is 6. The summed E-state index contributed by atoms with van der Waals surface area (Å²) in [4.78, 5) is 14.6. The van der Waals surface area contributed by atoms with Crippen LogP contribution in [0.15, 0.2) is 0 Å². The lowest BCUT2D eigenvalue weighted by Gasteiger charge is -2.37. The van der Waals surface area contributed by atoms with E-state index in [2.05, 4.69) is 34.3 Å². The zero-order chi connectivity index (χ0) is 16.3. The normalized spacial score (nSPS) is 26.2. The Morgan fingerprint density at radius 3 is 2.78 bits per heavy atom. The fourth-order valence-corrected chi connectivity index (χ4v) is 4.11. The summed E-state index contributed by atoms with van der Waals surface area (Å²) in [6, 6.07) is 0. The van der Waals surface area contributed by atoms with E-state index in [1.54, 1.807) is 0 Å². The van der Waals surface area contributed by atoms with Crippen LogP contribution >= 0.6 is 0 Å². The van der Waals surface area contributed by atoms with Gasteiger partial charge in [0.05, 0.1) is 0 Å². The molecule has 6 nitrogen and oxygen atoms in total. The van der Waals surface area contributed by atoms with Gasteiger partial charge in [0, 0.05) is 19.5 Å². The molecule has 0 radical (unpaired) electrons. The first kappa shape index (κ1) is 16.4. The maximum absolute atomic E-state index is 12.5. The van der Waals surface area contributed by atoms with Crippen LogP contribution in [0.4, 0.5) is 0 Å². The Morgan fingerprint density at radius 1 is 1.26 bits per heavy atom. The summed E-state index contributed by atoms with van der Waals surface area (Å²) >= 11 is 0. The van der Waals surface area contributed by atoms with Crippen molar-refractivity contribution in [1.82, 2.24) is 25.1 Å². The number of hydrogen-bond acceptors (Lipinski definition) is 4. The summed E-state index contributed by atoms with van der Waals surface area (Å²) in [6.07, 6.45) is 10.1. The fraction of sp³-hybridized carbons (Fsp3) is 0.882. The maximum atomic E-state index is 12.5. The van der Waals surface area contributed by atoms with Gasteiger partial charge in [-0.15, -0.1) is 5.10 Å². The molecule has 2 fully saturated rings. The van der Waals surface area contributed by atoms with Crippen LogP contribution in [0.2, 0.25) is 0 Å². The summed E-state index contributed by atoms with van der Waals surface area (Å²) < 4.78 is 1.91. The fourth-order valence-electron chi connectivity index (χ4n) is 4.11. The van der Waals surface area contributed by atoms with E-state index in [9.17, 15) is 4.79 Å². The minimum Gasteiger partial charge on any atom is -0.330 e. The van der Waals surface area contributed by atoms with E-state index >= 15 is 0 Å². The smallest absolute Gasteiger partial charge is 0.223 e. The molecule has 0 aromatic carbocycles. The molecule has 1 aromatic heterocycles. The molecule has 2 aliphatic rings. The van der Waals surface area contributed by atoms with E-state index < -0.39 is 0 Å². The molecule has 1 saturated carbocycles. The molecule has 23 heavy (non-hydrogen) atoms. The van der Waals surface area contributed by atoms with E-state index in [0.29, 0.717) is 12.3 Å². The average molecular weight is 319 g/mol. The standard InChI is InChI=1S/C17H29N5O/c1-3-4-12-22-16(18-19-20-22)17(2)11-10-15(23)21(17)13-14-8-6-5-7-9-14/h14H,3-13H2,1-2H3. The molecule has 1 atom stereocenters. The number of unbranched alkanes of at least 4 members (excludes halogenated alkanes) is 1. The topological polar surface area (TPSA) is 63.9 Å². The van der Waals surface area contributed by atoms with Gasteiger partial charge in [-0.3, -0.25) is 4.79 Å². The van der Waals surface area contributed by atoms with Gasteiger partial charge in [-0.1, -0.05) is 32.6 Å². The van der Waals surface area contributed by atoms with Gasteiger partial charge in [0.15, 0.2) is 5.82 Å². The summed E-state index contributed by atoms with van der Waals surface area (Å²) in [5.74, 6) is 1.78. The predicted octanol–water partition coefficient (Wildman–Crippen LogP) is 2.89. The van der Waals surface area contributed by atoms with E-state index in [0.717, 1.165) is 38.2 Å². The van der Waals surface area contributed by atoms with Crippen LogP contribution in [0, 0.1) is 5.92 Å². The number of likely N-dealkylation sites (tertiary alicyclic amines) is 1. The highest BCUT2D eigenvalue weighted by Gasteiger charge is 2.47. The van der Waals surface area contributed by atoms with Gasteiger partial charge in [0.2, 0.25) is 5.91 Å². The number of carbonyl (C=O) groups excluding carboxylic acids is 1. The van der Waals surface area contributed by atoms with Crippen molar-refractivity contribution >= 4 is 5.91 Å². The molecule has 1 aliphatic carbocycles. The third-order valence-corrected chi connectivity index (χ3v) is 5.63. The number of amides is 1. The number of aryl methyl sites for hydroxylation is 1. The minimum atomic E-state index is -0.341. The van der Waals surface area contributed by atoms with Gasteiger partial charge in [-0.2, -0.15) is 0 Å². The van der Waals surface area contributed by atoms with Crippen molar-refractivity contribution in [2.75, 3.05) is 6.54 Å². The third-order valence-electron chi connectivity index (χ3n) is 5.63. The van der Waals surface area contributed by atoms with E-state index in [1.165, 1.54) is 32.1 Å². The zero-order valence-corrected chi connectivity index (χ0v) is 14.5. The molecule has 1 aromatic rings. The Hall–Kier alpha value is -1.46. The number of hydrogen-bond donors (Lipinski definition) is 0. The first-order valence-corrected chi connectivity index (χ1v) is 9.22. The van der Waals surface area contributed by atoms with Crippen LogP contribution in [-0.2, 0) is 16.9 Å². The Morgan fingerprint density at radius 2 is 2.04 bits per heavy atom. The molecule has 128 valence electrons. The van der Waals surface area contributed by atoms with E-state index in [-0.39, 0.29) is 11.4 Å². The van der Waals surface area contributed by atoms with Gasteiger partial charge in [-0.05, 0) is 49.0 Å². The lowest BCUT2D eigenvalue weighted by Crippen LogP contribution is -2.45. The van der Waals surface area contributed by atoms with Crippen molar-refractivity contribution in [3.8, 4) is 0 Å². The highest BCUT2D eigenvalue weighted by atomic mass is 16.2. The van der Waals surface area contributed by atoms with Crippen molar-refractivity contribution in [1.29, 1.82) is 0 Å². The van der Waals surface area contributed by atoms with Crippen molar-refractivity contribution in [3.63, 3.8) is 0 Å². The quantitative estimate of drug-likeness (QED) is 0.809. The first-order chi connectivity index (χ1) is 11.1. The average Bonchev–Trinajstić information content (AvgIpc) is 3.15. The largest absolute Gasteiger partial charge is 0.330 e. The van der Waals surface area contributed by atoms with E-state index in [1.807, 2.05) is 4.68 Å². The second-order valence-electron chi connectivity index (χ2n) is 7.36. The molecule has 2 heterocycles. The van der Waals surface area contributed by atoms with Gasteiger partial charge < -0.3 is 4.90 Å². The highest BCUT2D eigenvalue weighted by molar-refractivity contribution is 5.79. The van der Waals surface area contributed by atoms with Crippen molar-refractivity contribution in [2.45, 2.75) is 83.7 Å². The van der Waals surface area contributed by atoms with Gasteiger partial charge in [0.1, 0.15) is 5.54 Å². The second kappa shape index (κ2) is 6.97. The Balaban J connectivity index is 1.80. The minimum absolute atomic E-state index is 0.267. The molecule has 0 N–H and O–H groups in total. The molecular formula is C17H29N5O. The van der Waals surface area contributed by atoms with Gasteiger partial charge in [0.25, 0.3) is 0 Å². The first-order valence-electron chi connectivity index (χ1n) is 9.22. The molecule has 6 heteroatoms. The Kier molecular flexibility index (Phi) is 4.97. The second-order valence-corrected chi connectivity index (χ2v) is 7.36. The zero-order valence-electron chi connectivity index (χ0n) is 14.5. The molecule has 1 amide bonds. The van der Waals surface area contributed by atoms with Crippen molar-refractivity contribution in [2.24, 2.45) is 5.92 Å². The number of nitrogens with zero attached hydrogens (tertiary/aromatic N) is 5. The van der Waals surface area contributed by atoms with Gasteiger partial charge in [-0.25, -0.2) is 4.68 Å². The lowest BCUT2D eigenvalue weighted by molar-refractivity contribution is -0.132. The molecule has 1 aliphatic heterocycles. The summed E-state index contributed by atoms with van der Waals surface area (Å²) in [5, 5.41) is 12.4. The van der Waals surface area contributed by atoms with Crippen LogP contribution in [0.1, 0.15) is 77.5 Å². The lowest BCUT2D eigenvalue weighted by atomic mass is 9.87.